The van der Waals surface area contributed by atoms with Crippen LogP contribution in [0.2, 0.25) is 0 Å². The van der Waals surface area contributed by atoms with Gasteiger partial charge in [0.1, 0.15) is 5.00 Å². The predicted molar refractivity (Wildman–Crippen MR) is 41.2 cm³/mol. The second-order valence-electron chi connectivity index (χ2n) is 1.57. The van der Waals surface area contributed by atoms with E-state index in [0.717, 1.165) is 9.47 Å². The molecule has 0 spiro atoms. The van der Waals surface area contributed by atoms with Gasteiger partial charge in [0.15, 0.2) is 0 Å². The van der Waals surface area contributed by atoms with Gasteiger partial charge in [-0.1, -0.05) is 0 Å². The average molecular weight is 192 g/mol. The third-order valence-electron chi connectivity index (χ3n) is 0.836. The Morgan fingerprint density at radius 2 is 2.38 bits per heavy atom. The highest BCUT2D eigenvalue weighted by Gasteiger charge is 1.96. The molecule has 2 N–H and O–H groups in total. The van der Waals surface area contributed by atoms with Crippen LogP contribution in [0.15, 0.2) is 10.5 Å². The zero-order valence-corrected chi connectivity index (χ0v) is 6.84. The molecule has 0 radical (unpaired) electrons. The van der Waals surface area contributed by atoms with Crippen molar-refractivity contribution in [2.75, 3.05) is 5.73 Å². The van der Waals surface area contributed by atoms with Crippen molar-refractivity contribution in [3.63, 3.8) is 0 Å². The van der Waals surface area contributed by atoms with Gasteiger partial charge in [-0.15, -0.1) is 11.3 Å². The van der Waals surface area contributed by atoms with E-state index < -0.39 is 0 Å². The number of nitrogens with two attached hydrogens (primary N) is 1. The van der Waals surface area contributed by atoms with Gasteiger partial charge in [-0.2, -0.15) is 0 Å². The lowest BCUT2D eigenvalue weighted by Gasteiger charge is -1.78. The molecule has 0 saturated carbocycles. The highest BCUT2D eigenvalue weighted by atomic mass is 79.9. The minimum Gasteiger partial charge on any atom is -0.390 e. The van der Waals surface area contributed by atoms with Crippen molar-refractivity contribution in [1.82, 2.24) is 0 Å². The molecular weight excluding hydrogens is 186 g/mol. The van der Waals surface area contributed by atoms with Gasteiger partial charge in [-0.05, 0) is 28.9 Å². The van der Waals surface area contributed by atoms with Crippen LogP contribution in [-0.2, 0) is 0 Å². The van der Waals surface area contributed by atoms with E-state index in [9.17, 15) is 0 Å². The van der Waals surface area contributed by atoms with Crippen molar-refractivity contribution >= 4 is 32.3 Å². The van der Waals surface area contributed by atoms with E-state index in [2.05, 4.69) is 15.9 Å². The lowest BCUT2D eigenvalue weighted by molar-refractivity contribution is 1.62. The highest BCUT2D eigenvalue weighted by molar-refractivity contribution is 9.10. The molecule has 0 bridgehead atoms. The fourth-order valence-corrected chi connectivity index (χ4v) is 1.92. The van der Waals surface area contributed by atoms with Gasteiger partial charge in [0, 0.05) is 4.88 Å². The summed E-state index contributed by atoms with van der Waals surface area (Å²) >= 11 is 4.90. The molecule has 8 heavy (non-hydrogen) atoms. The number of aryl methyl sites for hydroxylation is 1. The Kier molecular flexibility index (Phi) is 1.58. The summed E-state index contributed by atoms with van der Waals surface area (Å²) in [5, 5.41) is 0.863. The number of anilines is 1. The van der Waals surface area contributed by atoms with Gasteiger partial charge in [0.25, 0.3) is 0 Å². The van der Waals surface area contributed by atoms with E-state index in [1.54, 1.807) is 11.3 Å². The quantitative estimate of drug-likeness (QED) is 0.671. The summed E-state index contributed by atoms with van der Waals surface area (Å²) in [6, 6.07) is 2.01. The molecule has 0 aliphatic carbocycles. The first kappa shape index (κ1) is 6.11. The van der Waals surface area contributed by atoms with E-state index >= 15 is 0 Å². The maximum atomic E-state index is 5.51. The van der Waals surface area contributed by atoms with Crippen molar-refractivity contribution in [2.24, 2.45) is 0 Å². The zero-order chi connectivity index (χ0) is 6.15. The largest absolute Gasteiger partial charge is 0.390 e. The molecular formula is C5H6BrNS. The van der Waals surface area contributed by atoms with Gasteiger partial charge in [0.05, 0.1) is 4.47 Å². The smallest absolute Gasteiger partial charge is 0.100 e. The molecule has 0 atom stereocenters. The SMILES string of the molecule is Cc1cc(Br)c(N)s1. The first-order valence-corrected chi connectivity index (χ1v) is 3.82. The summed E-state index contributed by atoms with van der Waals surface area (Å²) in [6.07, 6.45) is 0. The van der Waals surface area contributed by atoms with Gasteiger partial charge in [-0.3, -0.25) is 0 Å². The van der Waals surface area contributed by atoms with Crippen molar-refractivity contribution in [2.45, 2.75) is 6.92 Å². The minimum absolute atomic E-state index is 0.863. The van der Waals surface area contributed by atoms with E-state index in [0.29, 0.717) is 0 Å². The Balaban J connectivity index is 3.14. The Hall–Kier alpha value is -0.0200. The van der Waals surface area contributed by atoms with Crippen molar-refractivity contribution < 1.29 is 0 Å². The highest BCUT2D eigenvalue weighted by Crippen LogP contribution is 2.28. The fourth-order valence-electron chi connectivity index (χ4n) is 0.501. The Morgan fingerprint density at radius 3 is 2.50 bits per heavy atom. The number of nitrogen functional groups attached to an aromatic ring is 1. The number of hydrogen-bond donors (Lipinski definition) is 1. The number of hydrogen-bond acceptors (Lipinski definition) is 2. The molecule has 0 aliphatic heterocycles. The van der Waals surface area contributed by atoms with E-state index in [1.807, 2.05) is 13.0 Å². The molecule has 0 amide bonds. The Labute approximate surface area is 60.6 Å². The number of halogens is 1. The Bertz CT molecular complexity index is 175. The molecule has 0 fully saturated rings. The summed E-state index contributed by atoms with van der Waals surface area (Å²) in [6.45, 7) is 2.03. The molecule has 1 aromatic heterocycles. The van der Waals surface area contributed by atoms with Gasteiger partial charge in [0.2, 0.25) is 0 Å². The first-order chi connectivity index (χ1) is 3.70. The van der Waals surface area contributed by atoms with E-state index in [4.69, 9.17) is 5.73 Å². The summed E-state index contributed by atoms with van der Waals surface area (Å²) in [4.78, 5) is 1.24. The fraction of sp³-hybridized carbons (Fsp3) is 0.200. The van der Waals surface area contributed by atoms with Crippen LogP contribution in [0.4, 0.5) is 5.00 Å². The van der Waals surface area contributed by atoms with Crippen LogP contribution in [0, 0.1) is 6.92 Å². The average Bonchev–Trinajstić information content (AvgIpc) is 1.85. The first-order valence-electron chi connectivity index (χ1n) is 2.21. The lowest BCUT2D eigenvalue weighted by atomic mass is 10.5. The topological polar surface area (TPSA) is 26.0 Å². The molecule has 1 aromatic rings. The van der Waals surface area contributed by atoms with E-state index in [1.165, 1.54) is 4.88 Å². The molecule has 1 heterocycles. The maximum Gasteiger partial charge on any atom is 0.100 e. The predicted octanol–water partition coefficient (Wildman–Crippen LogP) is 2.40. The molecule has 3 heteroatoms. The number of rotatable bonds is 0. The van der Waals surface area contributed by atoms with Crippen molar-refractivity contribution in [1.29, 1.82) is 0 Å². The molecule has 0 saturated heterocycles. The molecule has 1 nitrogen and oxygen atoms in total. The normalized spacial score (nSPS) is 9.75. The molecule has 0 unspecified atom stereocenters. The third-order valence-corrected chi connectivity index (χ3v) is 2.63. The summed E-state index contributed by atoms with van der Waals surface area (Å²) in [5.74, 6) is 0. The summed E-state index contributed by atoms with van der Waals surface area (Å²) < 4.78 is 1.01. The van der Waals surface area contributed by atoms with E-state index in [-0.39, 0.29) is 0 Å². The van der Waals surface area contributed by atoms with Crippen molar-refractivity contribution in [3.8, 4) is 0 Å². The van der Waals surface area contributed by atoms with Crippen LogP contribution in [0.3, 0.4) is 0 Å². The monoisotopic (exact) mass is 191 g/mol. The Morgan fingerprint density at radius 1 is 1.75 bits per heavy atom. The van der Waals surface area contributed by atoms with Gasteiger partial charge in [-0.25, -0.2) is 0 Å². The van der Waals surface area contributed by atoms with Crippen LogP contribution < -0.4 is 5.73 Å². The molecule has 0 aliphatic rings. The van der Waals surface area contributed by atoms with Gasteiger partial charge < -0.3 is 5.73 Å². The second-order valence-corrected chi connectivity index (χ2v) is 3.71. The second kappa shape index (κ2) is 2.07. The van der Waals surface area contributed by atoms with Gasteiger partial charge >= 0.3 is 0 Å². The standard InChI is InChI=1S/C5H6BrNS/c1-3-2-4(6)5(7)8-3/h2H,7H2,1H3. The zero-order valence-electron chi connectivity index (χ0n) is 4.44. The van der Waals surface area contributed by atoms with Crippen molar-refractivity contribution in [3.05, 3.63) is 15.4 Å². The van der Waals surface area contributed by atoms with Crippen LogP contribution in [0.25, 0.3) is 0 Å². The lowest BCUT2D eigenvalue weighted by Crippen LogP contribution is -1.75. The molecule has 0 aromatic carbocycles. The molecule has 44 valence electrons. The summed E-state index contributed by atoms with van der Waals surface area (Å²) in [7, 11) is 0. The van der Waals surface area contributed by atoms with Crippen LogP contribution >= 0.6 is 27.3 Å². The molecule has 1 rings (SSSR count). The third kappa shape index (κ3) is 1.03. The van der Waals surface area contributed by atoms with Crippen LogP contribution in [-0.4, -0.2) is 0 Å². The van der Waals surface area contributed by atoms with Crippen LogP contribution in [0.1, 0.15) is 4.88 Å². The van der Waals surface area contributed by atoms with Crippen LogP contribution in [0.5, 0.6) is 0 Å². The summed E-state index contributed by atoms with van der Waals surface area (Å²) in [5.41, 5.74) is 5.51. The maximum absolute atomic E-state index is 5.51. The number of thiophene rings is 1. The minimum atomic E-state index is 0.863.